The van der Waals surface area contributed by atoms with E-state index in [4.69, 9.17) is 0 Å². The van der Waals surface area contributed by atoms with Gasteiger partial charge in [0, 0.05) is 25.2 Å². The van der Waals surface area contributed by atoms with Gasteiger partial charge < -0.3 is 15.3 Å². The van der Waals surface area contributed by atoms with Gasteiger partial charge >= 0.3 is 6.03 Å². The van der Waals surface area contributed by atoms with Crippen molar-refractivity contribution in [3.63, 3.8) is 0 Å². The molecule has 0 bridgehead atoms. The van der Waals surface area contributed by atoms with Crippen molar-refractivity contribution in [3.05, 3.63) is 12.4 Å². The number of nitrogens with one attached hydrogen (secondary N) is 1. The molecule has 1 aromatic rings. The first-order chi connectivity index (χ1) is 9.95. The van der Waals surface area contributed by atoms with E-state index in [-0.39, 0.29) is 11.9 Å². The monoisotopic (exact) mass is 302 g/mol. The van der Waals surface area contributed by atoms with Gasteiger partial charge in [0.1, 0.15) is 6.54 Å². The van der Waals surface area contributed by atoms with Crippen LogP contribution in [0.4, 0.5) is 19.3 Å². The molecule has 21 heavy (non-hydrogen) atoms. The number of nitrogens with zero attached hydrogens (tertiary/aromatic N) is 3. The molecule has 118 valence electrons. The quantitative estimate of drug-likeness (QED) is 0.890. The lowest BCUT2D eigenvalue weighted by molar-refractivity contribution is 0.0766. The first kappa shape index (κ1) is 15.7. The van der Waals surface area contributed by atoms with Crippen LogP contribution in [0.2, 0.25) is 0 Å². The first-order valence-electron chi connectivity index (χ1n) is 7.00. The van der Waals surface area contributed by atoms with Gasteiger partial charge in [0.15, 0.2) is 0 Å². The number of aliphatic hydroxyl groups excluding tert-OH is 1. The zero-order chi connectivity index (χ0) is 15.4. The van der Waals surface area contributed by atoms with Gasteiger partial charge in [0.2, 0.25) is 0 Å². The van der Waals surface area contributed by atoms with Crippen LogP contribution in [0.1, 0.15) is 19.8 Å². The molecular weight excluding hydrogens is 282 g/mol. The summed E-state index contributed by atoms with van der Waals surface area (Å²) in [6.07, 6.45) is 1.52. The predicted molar refractivity (Wildman–Crippen MR) is 73.2 cm³/mol. The van der Waals surface area contributed by atoms with Gasteiger partial charge in [-0.15, -0.1) is 0 Å². The number of aromatic nitrogens is 2. The molecule has 6 nitrogen and oxygen atoms in total. The minimum atomic E-state index is -2.48. The van der Waals surface area contributed by atoms with Crippen LogP contribution in [-0.4, -0.2) is 51.4 Å². The Balaban J connectivity index is 1.90. The highest BCUT2D eigenvalue weighted by atomic mass is 19.3. The molecular formula is C13H20F2N4O2. The largest absolute Gasteiger partial charge is 0.393 e. The fourth-order valence-electron chi connectivity index (χ4n) is 2.46. The average molecular weight is 302 g/mol. The van der Waals surface area contributed by atoms with E-state index in [0.29, 0.717) is 18.8 Å². The molecule has 0 spiro atoms. The summed E-state index contributed by atoms with van der Waals surface area (Å²) in [6, 6.07) is -0.294. The molecule has 1 aliphatic rings. The van der Waals surface area contributed by atoms with Crippen molar-refractivity contribution < 1.29 is 18.7 Å². The van der Waals surface area contributed by atoms with E-state index in [2.05, 4.69) is 10.4 Å². The Bertz CT molecular complexity index is 478. The van der Waals surface area contributed by atoms with E-state index in [1.165, 1.54) is 12.4 Å². The van der Waals surface area contributed by atoms with Crippen molar-refractivity contribution in [3.8, 4) is 0 Å². The fourth-order valence-corrected chi connectivity index (χ4v) is 2.46. The summed E-state index contributed by atoms with van der Waals surface area (Å²) in [7, 11) is 0. The van der Waals surface area contributed by atoms with Crippen LogP contribution in [0, 0.1) is 5.92 Å². The molecule has 2 unspecified atom stereocenters. The maximum absolute atomic E-state index is 12.2. The number of carbonyl (C=O) groups is 1. The number of piperidine rings is 1. The Morgan fingerprint density at radius 3 is 3.05 bits per heavy atom. The highest BCUT2D eigenvalue weighted by Gasteiger charge is 2.26. The Morgan fingerprint density at radius 1 is 1.62 bits per heavy atom. The third-order valence-corrected chi connectivity index (χ3v) is 3.64. The number of urea groups is 1. The van der Waals surface area contributed by atoms with Crippen molar-refractivity contribution in [1.29, 1.82) is 0 Å². The van der Waals surface area contributed by atoms with Gasteiger partial charge in [-0.25, -0.2) is 13.6 Å². The molecule has 0 aliphatic carbocycles. The molecule has 1 fully saturated rings. The standard InChI is InChI=1S/C13H20F2N4O2/c1-9(20)10-3-2-4-18(6-10)13(21)17-11-5-16-19(7-11)8-12(14)15/h5,7,9-10,12,20H,2-4,6,8H2,1H3,(H,17,21). The van der Waals surface area contributed by atoms with Gasteiger partial charge in [-0.1, -0.05) is 0 Å². The maximum atomic E-state index is 12.2. The van der Waals surface area contributed by atoms with Gasteiger partial charge in [0.25, 0.3) is 6.43 Å². The van der Waals surface area contributed by atoms with E-state index in [9.17, 15) is 18.7 Å². The highest BCUT2D eigenvalue weighted by molar-refractivity contribution is 5.89. The van der Waals surface area contributed by atoms with E-state index in [0.717, 1.165) is 17.5 Å². The van der Waals surface area contributed by atoms with Crippen molar-refractivity contribution >= 4 is 11.7 Å². The van der Waals surface area contributed by atoms with Crippen LogP contribution in [0.3, 0.4) is 0 Å². The number of carbonyl (C=O) groups excluding carboxylic acids is 1. The average Bonchev–Trinajstić information content (AvgIpc) is 2.85. The summed E-state index contributed by atoms with van der Waals surface area (Å²) >= 11 is 0. The molecule has 2 N–H and O–H groups in total. The van der Waals surface area contributed by atoms with Crippen LogP contribution in [0.15, 0.2) is 12.4 Å². The number of amides is 2. The second kappa shape index (κ2) is 6.84. The van der Waals surface area contributed by atoms with Crippen LogP contribution >= 0.6 is 0 Å². The van der Waals surface area contributed by atoms with Crippen LogP contribution in [-0.2, 0) is 6.54 Å². The lowest BCUT2D eigenvalue weighted by Gasteiger charge is -2.33. The van der Waals surface area contributed by atoms with Crippen molar-refractivity contribution in [2.75, 3.05) is 18.4 Å². The molecule has 1 saturated heterocycles. The molecule has 1 aromatic heterocycles. The first-order valence-corrected chi connectivity index (χ1v) is 7.00. The number of rotatable bonds is 4. The zero-order valence-electron chi connectivity index (χ0n) is 11.9. The van der Waals surface area contributed by atoms with Gasteiger partial charge in [-0.05, 0) is 19.8 Å². The van der Waals surface area contributed by atoms with Gasteiger partial charge in [0.05, 0.1) is 18.0 Å². The third-order valence-electron chi connectivity index (χ3n) is 3.64. The van der Waals surface area contributed by atoms with E-state index >= 15 is 0 Å². The highest BCUT2D eigenvalue weighted by Crippen LogP contribution is 2.20. The molecule has 0 aromatic carbocycles. The van der Waals surface area contributed by atoms with Crippen molar-refractivity contribution in [2.45, 2.75) is 38.8 Å². The number of hydrogen-bond acceptors (Lipinski definition) is 3. The van der Waals surface area contributed by atoms with Gasteiger partial charge in [-0.2, -0.15) is 5.10 Å². The number of likely N-dealkylation sites (tertiary alicyclic amines) is 1. The van der Waals surface area contributed by atoms with Gasteiger partial charge in [-0.3, -0.25) is 4.68 Å². The second-order valence-corrected chi connectivity index (χ2v) is 5.36. The fraction of sp³-hybridized carbons (Fsp3) is 0.692. The SMILES string of the molecule is CC(O)C1CCCN(C(=O)Nc2cnn(CC(F)F)c2)C1. The second-order valence-electron chi connectivity index (χ2n) is 5.36. The molecule has 0 radical (unpaired) electrons. The molecule has 8 heteroatoms. The summed E-state index contributed by atoms with van der Waals surface area (Å²) in [5.41, 5.74) is 0.389. The molecule has 2 amide bonds. The summed E-state index contributed by atoms with van der Waals surface area (Å²) in [5.74, 6) is 0.0751. The Morgan fingerprint density at radius 2 is 2.38 bits per heavy atom. The molecule has 2 heterocycles. The van der Waals surface area contributed by atoms with Crippen LogP contribution < -0.4 is 5.32 Å². The number of aliphatic hydroxyl groups is 1. The van der Waals surface area contributed by atoms with Crippen molar-refractivity contribution in [2.24, 2.45) is 5.92 Å². The topological polar surface area (TPSA) is 70.4 Å². The maximum Gasteiger partial charge on any atom is 0.321 e. The summed E-state index contributed by atoms with van der Waals surface area (Å²) in [6.45, 7) is 2.35. The number of halogens is 2. The molecule has 1 aliphatic heterocycles. The summed E-state index contributed by atoms with van der Waals surface area (Å²) in [5, 5.41) is 16.0. The predicted octanol–water partition coefficient (Wildman–Crippen LogP) is 1.77. The summed E-state index contributed by atoms with van der Waals surface area (Å²) < 4.78 is 25.5. The molecule has 0 saturated carbocycles. The Kier molecular flexibility index (Phi) is 5.11. The zero-order valence-corrected chi connectivity index (χ0v) is 11.9. The minimum absolute atomic E-state index is 0.0751. The molecule has 2 rings (SSSR count). The summed E-state index contributed by atoms with van der Waals surface area (Å²) in [4.78, 5) is 13.7. The lowest BCUT2D eigenvalue weighted by atomic mass is 9.94. The normalized spacial score (nSPS) is 20.6. The minimum Gasteiger partial charge on any atom is -0.393 e. The molecule has 2 atom stereocenters. The lowest BCUT2D eigenvalue weighted by Crippen LogP contribution is -2.44. The van der Waals surface area contributed by atoms with E-state index < -0.39 is 19.1 Å². The van der Waals surface area contributed by atoms with Crippen molar-refractivity contribution in [1.82, 2.24) is 14.7 Å². The van der Waals surface area contributed by atoms with E-state index in [1.54, 1.807) is 11.8 Å². The Hall–Kier alpha value is -1.70. The van der Waals surface area contributed by atoms with E-state index in [1.807, 2.05) is 0 Å². The van der Waals surface area contributed by atoms with Crippen LogP contribution in [0.25, 0.3) is 0 Å². The number of alkyl halides is 2. The third kappa shape index (κ3) is 4.38. The van der Waals surface area contributed by atoms with Crippen LogP contribution in [0.5, 0.6) is 0 Å². The smallest absolute Gasteiger partial charge is 0.321 e. The Labute approximate surface area is 121 Å². The number of anilines is 1. The number of hydrogen-bond donors (Lipinski definition) is 2.